The van der Waals surface area contributed by atoms with E-state index in [9.17, 15) is 0 Å². The van der Waals surface area contributed by atoms with Crippen molar-refractivity contribution in [1.29, 1.82) is 5.26 Å². The lowest BCUT2D eigenvalue weighted by molar-refractivity contribution is 0.321. The average molecular weight is 254 g/mol. The van der Waals surface area contributed by atoms with Gasteiger partial charge in [-0.2, -0.15) is 5.26 Å². The Balaban J connectivity index is 2.21. The minimum Gasteiger partial charge on any atom is -0.302 e. The van der Waals surface area contributed by atoms with E-state index < -0.39 is 0 Å². The number of nitriles is 1. The molecule has 0 aliphatic rings. The Hall–Kier alpha value is -2.12. The molecule has 0 atom stereocenters. The normalized spacial score (nSPS) is 10.6. The van der Waals surface area contributed by atoms with Crippen molar-refractivity contribution >= 4 is 0 Å². The number of nitrogens with zero attached hydrogens (tertiary/aromatic N) is 4. The van der Waals surface area contributed by atoms with E-state index in [0.29, 0.717) is 5.56 Å². The molecule has 0 aliphatic heterocycles. The van der Waals surface area contributed by atoms with Gasteiger partial charge in [-0.1, -0.05) is 6.92 Å². The zero-order valence-electron chi connectivity index (χ0n) is 11.4. The summed E-state index contributed by atoms with van der Waals surface area (Å²) >= 11 is 0. The SMILES string of the molecule is CCCN(C)Cc1cncn1-c1ccc(C#N)cc1. The van der Waals surface area contributed by atoms with E-state index in [2.05, 4.69) is 34.5 Å². The van der Waals surface area contributed by atoms with E-state index in [1.54, 1.807) is 0 Å². The zero-order chi connectivity index (χ0) is 13.7. The van der Waals surface area contributed by atoms with Gasteiger partial charge in [0.25, 0.3) is 0 Å². The standard InChI is InChI=1S/C15H18N4/c1-3-8-18(2)11-15-10-17-12-19(15)14-6-4-13(9-16)5-7-14/h4-7,10,12H,3,8,11H2,1-2H3. The second kappa shape index (κ2) is 6.17. The number of aromatic nitrogens is 2. The van der Waals surface area contributed by atoms with Gasteiger partial charge in [0.15, 0.2) is 0 Å². The van der Waals surface area contributed by atoms with E-state index in [-0.39, 0.29) is 0 Å². The number of benzene rings is 1. The Morgan fingerprint density at radius 1 is 1.32 bits per heavy atom. The molecule has 0 fully saturated rings. The summed E-state index contributed by atoms with van der Waals surface area (Å²) in [7, 11) is 2.11. The van der Waals surface area contributed by atoms with Crippen LogP contribution < -0.4 is 0 Å². The first kappa shape index (κ1) is 13.3. The molecule has 19 heavy (non-hydrogen) atoms. The molecule has 2 aromatic rings. The first-order chi connectivity index (χ1) is 9.24. The smallest absolute Gasteiger partial charge is 0.0994 e. The minimum atomic E-state index is 0.675. The van der Waals surface area contributed by atoms with Crippen LogP contribution in [0.5, 0.6) is 0 Å². The molecule has 4 heteroatoms. The molecule has 1 aromatic heterocycles. The second-order valence-electron chi connectivity index (χ2n) is 4.65. The molecular weight excluding hydrogens is 236 g/mol. The molecule has 0 saturated heterocycles. The lowest BCUT2D eigenvalue weighted by atomic mass is 10.2. The van der Waals surface area contributed by atoms with Gasteiger partial charge in [-0.05, 0) is 44.3 Å². The van der Waals surface area contributed by atoms with Gasteiger partial charge in [0.2, 0.25) is 0 Å². The molecule has 2 rings (SSSR count). The molecule has 1 heterocycles. The largest absolute Gasteiger partial charge is 0.302 e. The van der Waals surface area contributed by atoms with Crippen LogP contribution in [0.3, 0.4) is 0 Å². The Bertz CT molecular complexity index is 563. The van der Waals surface area contributed by atoms with Gasteiger partial charge in [-0.3, -0.25) is 0 Å². The maximum Gasteiger partial charge on any atom is 0.0994 e. The van der Waals surface area contributed by atoms with E-state index in [1.165, 1.54) is 0 Å². The van der Waals surface area contributed by atoms with Crippen LogP contribution in [0.25, 0.3) is 5.69 Å². The highest BCUT2D eigenvalue weighted by Crippen LogP contribution is 2.13. The molecule has 0 N–H and O–H groups in total. The number of hydrogen-bond acceptors (Lipinski definition) is 3. The van der Waals surface area contributed by atoms with Crippen LogP contribution in [0.1, 0.15) is 24.6 Å². The fourth-order valence-corrected chi connectivity index (χ4v) is 2.11. The molecule has 0 amide bonds. The van der Waals surface area contributed by atoms with Crippen LogP contribution in [0.2, 0.25) is 0 Å². The van der Waals surface area contributed by atoms with E-state index in [1.807, 2.05) is 36.8 Å². The highest BCUT2D eigenvalue weighted by atomic mass is 15.1. The minimum absolute atomic E-state index is 0.675. The third kappa shape index (κ3) is 3.21. The lowest BCUT2D eigenvalue weighted by Crippen LogP contribution is -2.20. The lowest BCUT2D eigenvalue weighted by Gasteiger charge is -2.16. The Morgan fingerprint density at radius 3 is 2.68 bits per heavy atom. The summed E-state index contributed by atoms with van der Waals surface area (Å²) < 4.78 is 2.06. The van der Waals surface area contributed by atoms with Gasteiger partial charge in [0, 0.05) is 18.4 Å². The molecule has 1 aromatic carbocycles. The molecule has 0 saturated carbocycles. The summed E-state index contributed by atoms with van der Waals surface area (Å²) in [5, 5.41) is 8.82. The van der Waals surface area contributed by atoms with E-state index in [4.69, 9.17) is 5.26 Å². The van der Waals surface area contributed by atoms with Crippen molar-refractivity contribution in [3.63, 3.8) is 0 Å². The highest BCUT2D eigenvalue weighted by Gasteiger charge is 2.07. The highest BCUT2D eigenvalue weighted by molar-refractivity contribution is 5.40. The summed E-state index contributed by atoms with van der Waals surface area (Å²) in [6.07, 6.45) is 4.85. The van der Waals surface area contributed by atoms with Crippen LogP contribution in [0.4, 0.5) is 0 Å². The summed E-state index contributed by atoms with van der Waals surface area (Å²) in [6.45, 7) is 4.11. The average Bonchev–Trinajstić information content (AvgIpc) is 2.87. The van der Waals surface area contributed by atoms with Gasteiger partial charge in [-0.25, -0.2) is 4.98 Å². The first-order valence-electron chi connectivity index (χ1n) is 6.45. The fourth-order valence-electron chi connectivity index (χ4n) is 2.11. The van der Waals surface area contributed by atoms with Gasteiger partial charge in [0.05, 0.1) is 23.7 Å². The monoisotopic (exact) mass is 254 g/mol. The topological polar surface area (TPSA) is 44.9 Å². The van der Waals surface area contributed by atoms with Crippen LogP contribution in [0.15, 0.2) is 36.8 Å². The van der Waals surface area contributed by atoms with Crippen molar-refractivity contribution in [3.05, 3.63) is 48.0 Å². The first-order valence-corrected chi connectivity index (χ1v) is 6.45. The van der Waals surface area contributed by atoms with Crippen molar-refractivity contribution in [2.45, 2.75) is 19.9 Å². The number of hydrogen-bond donors (Lipinski definition) is 0. The Labute approximate surface area is 113 Å². The van der Waals surface area contributed by atoms with E-state index >= 15 is 0 Å². The fraction of sp³-hybridized carbons (Fsp3) is 0.333. The van der Waals surface area contributed by atoms with Gasteiger partial charge < -0.3 is 9.47 Å². The maximum absolute atomic E-state index is 8.82. The van der Waals surface area contributed by atoms with Crippen molar-refractivity contribution in [2.75, 3.05) is 13.6 Å². The van der Waals surface area contributed by atoms with Crippen LogP contribution in [-0.4, -0.2) is 28.0 Å². The van der Waals surface area contributed by atoms with Crippen molar-refractivity contribution in [2.24, 2.45) is 0 Å². The predicted octanol–water partition coefficient (Wildman–Crippen LogP) is 2.59. The van der Waals surface area contributed by atoms with E-state index in [0.717, 1.165) is 30.9 Å². The summed E-state index contributed by atoms with van der Waals surface area (Å²) in [5.74, 6) is 0. The summed E-state index contributed by atoms with van der Waals surface area (Å²) in [5.41, 5.74) is 2.87. The van der Waals surface area contributed by atoms with Gasteiger partial charge in [0.1, 0.15) is 0 Å². The molecule has 4 nitrogen and oxygen atoms in total. The maximum atomic E-state index is 8.82. The summed E-state index contributed by atoms with van der Waals surface area (Å²) in [4.78, 5) is 6.50. The third-order valence-corrected chi connectivity index (χ3v) is 3.03. The van der Waals surface area contributed by atoms with Gasteiger partial charge in [-0.15, -0.1) is 0 Å². The van der Waals surface area contributed by atoms with Crippen molar-refractivity contribution < 1.29 is 0 Å². The third-order valence-electron chi connectivity index (χ3n) is 3.03. The molecule has 0 radical (unpaired) electrons. The molecule has 0 aliphatic carbocycles. The Kier molecular flexibility index (Phi) is 4.32. The molecule has 0 unspecified atom stereocenters. The van der Waals surface area contributed by atoms with Crippen LogP contribution >= 0.6 is 0 Å². The molecule has 0 bridgehead atoms. The summed E-state index contributed by atoms with van der Waals surface area (Å²) in [6, 6.07) is 9.68. The molecular formula is C15H18N4. The Morgan fingerprint density at radius 2 is 2.05 bits per heavy atom. The van der Waals surface area contributed by atoms with Crippen molar-refractivity contribution in [1.82, 2.24) is 14.5 Å². The molecule has 0 spiro atoms. The quantitative estimate of drug-likeness (QED) is 0.823. The molecule has 98 valence electrons. The number of rotatable bonds is 5. The van der Waals surface area contributed by atoms with Crippen molar-refractivity contribution in [3.8, 4) is 11.8 Å². The van der Waals surface area contributed by atoms with Crippen LogP contribution in [-0.2, 0) is 6.54 Å². The number of imidazole rings is 1. The zero-order valence-corrected chi connectivity index (χ0v) is 11.4. The van der Waals surface area contributed by atoms with Crippen LogP contribution in [0, 0.1) is 11.3 Å². The predicted molar refractivity (Wildman–Crippen MR) is 74.9 cm³/mol. The second-order valence-corrected chi connectivity index (χ2v) is 4.65. The van der Waals surface area contributed by atoms with Gasteiger partial charge >= 0.3 is 0 Å².